The second kappa shape index (κ2) is 11.8. The van der Waals surface area contributed by atoms with Crippen molar-refractivity contribution in [1.82, 2.24) is 20.5 Å². The number of ketones is 2. The second-order valence-corrected chi connectivity index (χ2v) is 12.1. The van der Waals surface area contributed by atoms with Gasteiger partial charge in [0, 0.05) is 24.1 Å². The van der Waals surface area contributed by atoms with E-state index in [-0.39, 0.29) is 30.6 Å². The highest BCUT2D eigenvalue weighted by atomic mass is 17.1. The third-order valence-electron chi connectivity index (χ3n) is 9.55. The van der Waals surface area contributed by atoms with Crippen molar-refractivity contribution in [3.05, 3.63) is 46.2 Å². The summed E-state index contributed by atoms with van der Waals surface area (Å²) in [7, 11) is 2.95. The quantitative estimate of drug-likeness (QED) is 0.148. The van der Waals surface area contributed by atoms with Gasteiger partial charge < -0.3 is 30.8 Å². The molecule has 1 saturated heterocycles. The number of phenolic OH excluding ortho intramolecular Hbond substituents is 1. The number of hydrogen-bond donors (Lipinski definition) is 8. The summed E-state index contributed by atoms with van der Waals surface area (Å²) >= 11 is 0. The molecule has 1 aromatic rings. The number of Topliss-reactive ketones (excluding diaryl/α,β-unsaturated/α-hetero) is 2. The number of nitrogens with one attached hydrogen (secondary N) is 1. The van der Waals surface area contributed by atoms with Crippen molar-refractivity contribution in [3.63, 3.8) is 0 Å². The first kappa shape index (κ1) is 32.0. The summed E-state index contributed by atoms with van der Waals surface area (Å²) < 4.78 is 0. The van der Waals surface area contributed by atoms with Gasteiger partial charge in [-0.3, -0.25) is 34.6 Å². The molecule has 0 aromatic heterocycles. The first-order chi connectivity index (χ1) is 20.7. The van der Waals surface area contributed by atoms with Crippen LogP contribution in [0.5, 0.6) is 5.75 Å². The zero-order chi connectivity index (χ0) is 32.2. The topological polar surface area (TPSA) is 224 Å². The van der Waals surface area contributed by atoms with E-state index in [1.54, 1.807) is 24.0 Å². The van der Waals surface area contributed by atoms with Crippen molar-refractivity contribution >= 4 is 23.2 Å². The van der Waals surface area contributed by atoms with E-state index < -0.39 is 81.0 Å². The Balaban J connectivity index is 1.55. The number of aromatic hydroxyl groups is 1. The Labute approximate surface area is 252 Å². The molecule has 240 valence electrons. The molecule has 2 fully saturated rings. The molecule has 1 amide bonds. The fourth-order valence-electron chi connectivity index (χ4n) is 7.43. The van der Waals surface area contributed by atoms with Crippen LogP contribution in [0.2, 0.25) is 0 Å². The van der Waals surface area contributed by atoms with E-state index in [2.05, 4.69) is 5.32 Å². The summed E-state index contributed by atoms with van der Waals surface area (Å²) in [5.41, 5.74) is -3.85. The maximum Gasteiger partial charge on any atom is 0.259 e. The fraction of sp³-hybridized carbons (Fsp3) is 0.552. The van der Waals surface area contributed by atoms with E-state index in [0.717, 1.165) is 12.8 Å². The highest BCUT2D eigenvalue weighted by molar-refractivity contribution is 6.25. The molecule has 44 heavy (non-hydrogen) atoms. The Morgan fingerprint density at radius 2 is 1.86 bits per heavy atom. The van der Waals surface area contributed by atoms with E-state index >= 15 is 0 Å². The van der Waals surface area contributed by atoms with Crippen molar-refractivity contribution in [1.29, 1.82) is 0 Å². The van der Waals surface area contributed by atoms with Crippen LogP contribution < -0.4 is 5.32 Å². The summed E-state index contributed by atoms with van der Waals surface area (Å²) in [5, 5.41) is 76.9. The maximum absolute atomic E-state index is 14.2. The lowest BCUT2D eigenvalue weighted by atomic mass is 9.54. The number of aliphatic hydroxyl groups is 4. The van der Waals surface area contributed by atoms with Gasteiger partial charge in [0.2, 0.25) is 5.78 Å². The monoisotopic (exact) mass is 618 g/mol. The minimum atomic E-state index is -2.97. The van der Waals surface area contributed by atoms with Gasteiger partial charge >= 0.3 is 0 Å². The summed E-state index contributed by atoms with van der Waals surface area (Å²) in [4.78, 5) is 49.4. The normalized spacial score (nSPS) is 32.6. The molecule has 15 nitrogen and oxygen atoms in total. The zero-order valence-electron chi connectivity index (χ0n) is 24.5. The van der Waals surface area contributed by atoms with Gasteiger partial charge in [-0.2, -0.15) is 0 Å². The van der Waals surface area contributed by atoms with E-state index in [0.29, 0.717) is 18.5 Å². The van der Waals surface area contributed by atoms with Gasteiger partial charge in [-0.15, -0.1) is 0 Å². The van der Waals surface area contributed by atoms with Crippen LogP contribution >= 0.6 is 0 Å². The molecular weight excluding hydrogens is 580 g/mol. The molecule has 4 aliphatic rings. The van der Waals surface area contributed by atoms with Crippen LogP contribution in [-0.2, 0) is 19.2 Å². The van der Waals surface area contributed by atoms with Crippen molar-refractivity contribution < 1.29 is 55.2 Å². The third-order valence-corrected chi connectivity index (χ3v) is 9.55. The summed E-state index contributed by atoms with van der Waals surface area (Å²) in [6, 6.07) is 2.74. The Morgan fingerprint density at radius 1 is 1.16 bits per heavy atom. The van der Waals surface area contributed by atoms with Crippen LogP contribution in [0.3, 0.4) is 0 Å². The SMILES string of the molecule is C[C@H]1c2cccc(O)c2C(O)=C2C(=O)[C@]3(O)C(O)=C(C(=O)NCN4CCCCC4CON(O)O)C(=O)[C@@H](N(C)C)[C@@H]3[C@@H](O)[C@@H]21. The highest BCUT2D eigenvalue weighted by Crippen LogP contribution is 2.56. The Bertz CT molecular complexity index is 1430. The molecule has 0 bridgehead atoms. The second-order valence-electron chi connectivity index (χ2n) is 12.1. The van der Waals surface area contributed by atoms with Crippen molar-refractivity contribution in [2.24, 2.45) is 11.8 Å². The molecule has 8 N–H and O–H groups in total. The molecule has 1 aliphatic heterocycles. The number of amides is 1. The third kappa shape index (κ3) is 4.89. The Hall–Kier alpha value is -3.41. The summed E-state index contributed by atoms with van der Waals surface area (Å²) in [6.07, 6.45) is 0.571. The van der Waals surface area contributed by atoms with Crippen molar-refractivity contribution in [2.75, 3.05) is 33.9 Å². The zero-order valence-corrected chi connectivity index (χ0v) is 24.5. The number of fused-ring (bicyclic) bond motifs is 3. The highest BCUT2D eigenvalue weighted by Gasteiger charge is 2.68. The average Bonchev–Trinajstić information content (AvgIpc) is 2.97. The number of phenols is 1. The number of rotatable bonds is 7. The van der Waals surface area contributed by atoms with Gasteiger partial charge in [-0.05, 0) is 44.5 Å². The predicted molar refractivity (Wildman–Crippen MR) is 150 cm³/mol. The van der Waals surface area contributed by atoms with Crippen LogP contribution in [0, 0.1) is 11.8 Å². The minimum absolute atomic E-state index is 0.0445. The molecule has 5 rings (SSSR count). The largest absolute Gasteiger partial charge is 0.508 e. The lowest BCUT2D eigenvalue weighted by Crippen LogP contribution is -2.70. The number of piperidine rings is 1. The van der Waals surface area contributed by atoms with E-state index in [1.807, 2.05) is 0 Å². The van der Waals surface area contributed by atoms with Crippen LogP contribution in [0.25, 0.3) is 5.76 Å². The number of nitrogens with zero attached hydrogens (tertiary/aromatic N) is 3. The van der Waals surface area contributed by atoms with Crippen LogP contribution in [0.4, 0.5) is 0 Å². The molecule has 3 aliphatic carbocycles. The first-order valence-corrected chi connectivity index (χ1v) is 14.4. The molecule has 0 radical (unpaired) electrons. The van der Waals surface area contributed by atoms with Crippen LogP contribution in [-0.4, -0.2) is 126 Å². The van der Waals surface area contributed by atoms with E-state index in [4.69, 9.17) is 15.3 Å². The number of carbonyl (C=O) groups is 3. The number of benzene rings is 1. The molecule has 15 heteroatoms. The number of hydrogen-bond acceptors (Lipinski definition) is 14. The van der Waals surface area contributed by atoms with Gasteiger partial charge in [0.15, 0.2) is 11.4 Å². The number of carbonyl (C=O) groups excluding carboxylic acids is 3. The summed E-state index contributed by atoms with van der Waals surface area (Å²) in [6.45, 7) is 1.93. The van der Waals surface area contributed by atoms with Gasteiger partial charge in [-0.25, -0.2) is 4.84 Å². The number of likely N-dealkylation sites (N-methyl/N-ethyl adjacent to an activating group) is 1. The lowest BCUT2D eigenvalue weighted by molar-refractivity contribution is -0.494. The fourth-order valence-corrected chi connectivity index (χ4v) is 7.43. The van der Waals surface area contributed by atoms with Gasteiger partial charge in [0.05, 0.1) is 42.3 Å². The molecule has 1 unspecified atom stereocenters. The van der Waals surface area contributed by atoms with Crippen LogP contribution in [0.1, 0.15) is 43.2 Å². The van der Waals surface area contributed by atoms with Gasteiger partial charge in [0.25, 0.3) is 5.91 Å². The molecule has 1 saturated carbocycles. The smallest absolute Gasteiger partial charge is 0.259 e. The van der Waals surface area contributed by atoms with Crippen LogP contribution in [0.15, 0.2) is 35.1 Å². The maximum atomic E-state index is 14.2. The minimum Gasteiger partial charge on any atom is -0.508 e. The Kier molecular flexibility index (Phi) is 8.60. The molecule has 1 aromatic carbocycles. The summed E-state index contributed by atoms with van der Waals surface area (Å²) in [5.74, 6) is -8.79. The molecule has 7 atom stereocenters. The molecular formula is C29H38N4O11. The molecule has 1 heterocycles. The first-order valence-electron chi connectivity index (χ1n) is 14.4. The standard InChI is InChI=1S/C29H38N4O11/c1-13-15-8-6-9-16(34)18(15)23(35)19-17(13)24(36)21-22(31(2)3)25(37)20(27(39)29(21,41)26(19)38)28(40)30-12-32-10-5-4-7-14(32)11-44-33(42)43/h6,8-9,13-14,17,21-22,24,34-36,39,41-43H,4-5,7,10-12H2,1-3H3,(H,30,40)/t13-,14?,17+,21+,22-,24-,29-/m0/s1. The average molecular weight is 619 g/mol. The predicted octanol–water partition coefficient (Wildman–Crippen LogP) is -0.0493. The van der Waals surface area contributed by atoms with Crippen molar-refractivity contribution in [2.45, 2.75) is 55.9 Å². The number of aliphatic hydroxyl groups excluding tert-OH is 3. The Morgan fingerprint density at radius 3 is 2.52 bits per heavy atom. The van der Waals surface area contributed by atoms with E-state index in [1.165, 1.54) is 25.1 Å². The van der Waals surface area contributed by atoms with Gasteiger partial charge in [-0.1, -0.05) is 25.5 Å². The van der Waals surface area contributed by atoms with E-state index in [9.17, 15) is 39.9 Å². The molecule has 0 spiro atoms. The lowest BCUT2D eigenvalue weighted by Gasteiger charge is -2.53. The number of likely N-dealkylation sites (tertiary alicyclic amines) is 1. The van der Waals surface area contributed by atoms with Crippen molar-refractivity contribution in [3.8, 4) is 5.75 Å². The van der Waals surface area contributed by atoms with Gasteiger partial charge in [0.1, 0.15) is 22.8 Å².